The molecule has 1 atom stereocenters. The first-order chi connectivity index (χ1) is 9.09. The number of benzene rings is 1. The lowest BCUT2D eigenvalue weighted by Crippen LogP contribution is -2.27. The molecule has 0 bridgehead atoms. The third-order valence-electron chi connectivity index (χ3n) is 2.68. The first-order valence-electron chi connectivity index (χ1n) is 5.72. The van der Waals surface area contributed by atoms with Crippen LogP contribution in [-0.2, 0) is 9.59 Å². The molecule has 2 N–H and O–H groups in total. The molecular formula is C13H13N3O3. The fourth-order valence-corrected chi connectivity index (χ4v) is 1.54. The van der Waals surface area contributed by atoms with Crippen LogP contribution in [-0.4, -0.2) is 26.8 Å². The summed E-state index contributed by atoms with van der Waals surface area (Å²) < 4.78 is 1.60. The van der Waals surface area contributed by atoms with Crippen LogP contribution in [0.2, 0.25) is 0 Å². The van der Waals surface area contributed by atoms with E-state index in [0.29, 0.717) is 11.4 Å². The maximum Gasteiger partial charge on any atom is 0.315 e. The maximum atomic E-state index is 11.8. The second-order valence-electron chi connectivity index (χ2n) is 4.02. The number of hydrogen-bond donors (Lipinski definition) is 2. The van der Waals surface area contributed by atoms with Gasteiger partial charge in [-0.2, -0.15) is 5.10 Å². The Kier molecular flexibility index (Phi) is 3.61. The van der Waals surface area contributed by atoms with E-state index >= 15 is 0 Å². The summed E-state index contributed by atoms with van der Waals surface area (Å²) in [5.41, 5.74) is 1.20. The summed E-state index contributed by atoms with van der Waals surface area (Å²) in [6.45, 7) is 1.34. The van der Waals surface area contributed by atoms with Gasteiger partial charge < -0.3 is 10.4 Å². The van der Waals surface area contributed by atoms with Crippen molar-refractivity contribution in [3.05, 3.63) is 42.7 Å². The van der Waals surface area contributed by atoms with Gasteiger partial charge in [-0.3, -0.25) is 9.59 Å². The summed E-state index contributed by atoms with van der Waals surface area (Å²) in [5.74, 6) is -2.83. The monoisotopic (exact) mass is 259 g/mol. The number of hydrogen-bond acceptors (Lipinski definition) is 3. The molecule has 1 amide bonds. The molecule has 1 unspecified atom stereocenters. The highest BCUT2D eigenvalue weighted by molar-refractivity contribution is 6.04. The van der Waals surface area contributed by atoms with Crippen molar-refractivity contribution in [3.8, 4) is 5.69 Å². The van der Waals surface area contributed by atoms with E-state index < -0.39 is 17.8 Å². The highest BCUT2D eigenvalue weighted by Gasteiger charge is 2.21. The fraction of sp³-hybridized carbons (Fsp3) is 0.154. The Hall–Kier alpha value is -2.63. The van der Waals surface area contributed by atoms with Crippen molar-refractivity contribution < 1.29 is 14.7 Å². The van der Waals surface area contributed by atoms with Crippen molar-refractivity contribution in [1.29, 1.82) is 0 Å². The molecule has 19 heavy (non-hydrogen) atoms. The van der Waals surface area contributed by atoms with Crippen molar-refractivity contribution in [2.24, 2.45) is 5.92 Å². The van der Waals surface area contributed by atoms with Crippen molar-refractivity contribution in [2.75, 3.05) is 5.32 Å². The lowest BCUT2D eigenvalue weighted by molar-refractivity contribution is -0.144. The van der Waals surface area contributed by atoms with E-state index in [0.717, 1.165) is 0 Å². The number of rotatable bonds is 4. The Balaban J connectivity index is 2.27. The summed E-state index contributed by atoms with van der Waals surface area (Å²) in [6, 6.07) is 8.82. The van der Waals surface area contributed by atoms with Crippen LogP contribution in [0.25, 0.3) is 5.69 Å². The Labute approximate surface area is 109 Å². The molecule has 1 aromatic carbocycles. The minimum absolute atomic E-state index is 0.518. The SMILES string of the molecule is CC(C(=O)O)C(=O)Nc1ccccc1-n1cccn1. The van der Waals surface area contributed by atoms with E-state index in [1.165, 1.54) is 6.92 Å². The third-order valence-corrected chi connectivity index (χ3v) is 2.68. The summed E-state index contributed by atoms with van der Waals surface area (Å²) in [7, 11) is 0. The molecule has 0 aliphatic heterocycles. The van der Waals surface area contributed by atoms with Gasteiger partial charge >= 0.3 is 5.97 Å². The molecule has 0 fully saturated rings. The number of carbonyl (C=O) groups excluding carboxylic acids is 1. The minimum Gasteiger partial charge on any atom is -0.481 e. The van der Waals surface area contributed by atoms with Gasteiger partial charge in [0.2, 0.25) is 5.91 Å². The molecule has 1 heterocycles. The Morgan fingerprint density at radius 3 is 2.68 bits per heavy atom. The standard InChI is InChI=1S/C13H13N3O3/c1-9(13(18)19)12(17)15-10-5-2-3-6-11(10)16-8-4-7-14-16/h2-9H,1H3,(H,15,17)(H,18,19). The topological polar surface area (TPSA) is 84.2 Å². The highest BCUT2D eigenvalue weighted by atomic mass is 16.4. The molecule has 1 aromatic heterocycles. The van der Waals surface area contributed by atoms with Gasteiger partial charge in [0.05, 0.1) is 11.4 Å². The van der Waals surface area contributed by atoms with Gasteiger partial charge in [0.15, 0.2) is 0 Å². The molecule has 0 radical (unpaired) electrons. The first-order valence-corrected chi connectivity index (χ1v) is 5.72. The zero-order valence-corrected chi connectivity index (χ0v) is 10.3. The summed E-state index contributed by atoms with van der Waals surface area (Å²) in [4.78, 5) is 22.5. The summed E-state index contributed by atoms with van der Waals surface area (Å²) >= 11 is 0. The van der Waals surface area contributed by atoms with Gasteiger partial charge in [0, 0.05) is 12.4 Å². The van der Waals surface area contributed by atoms with Crippen LogP contribution < -0.4 is 5.32 Å². The van der Waals surface area contributed by atoms with Crippen LogP contribution in [0.5, 0.6) is 0 Å². The number of nitrogens with zero attached hydrogens (tertiary/aromatic N) is 2. The van der Waals surface area contributed by atoms with Crippen molar-refractivity contribution in [2.45, 2.75) is 6.92 Å². The molecule has 2 aromatic rings. The largest absolute Gasteiger partial charge is 0.481 e. The van der Waals surface area contributed by atoms with Gasteiger partial charge in [-0.05, 0) is 25.1 Å². The number of anilines is 1. The number of nitrogens with one attached hydrogen (secondary N) is 1. The van der Waals surface area contributed by atoms with Gasteiger partial charge in [0.1, 0.15) is 5.92 Å². The molecule has 0 saturated carbocycles. The van der Waals surface area contributed by atoms with Crippen LogP contribution in [0.1, 0.15) is 6.92 Å². The molecule has 98 valence electrons. The number of para-hydroxylation sites is 2. The lowest BCUT2D eigenvalue weighted by Gasteiger charge is -2.12. The number of aromatic nitrogens is 2. The Bertz CT molecular complexity index is 593. The number of carboxylic acids is 1. The quantitative estimate of drug-likeness (QED) is 0.815. The average Bonchev–Trinajstić information content (AvgIpc) is 2.92. The predicted molar refractivity (Wildman–Crippen MR) is 69.0 cm³/mol. The fourth-order valence-electron chi connectivity index (χ4n) is 1.54. The molecule has 0 spiro atoms. The van der Waals surface area contributed by atoms with E-state index in [2.05, 4.69) is 10.4 Å². The van der Waals surface area contributed by atoms with E-state index in [4.69, 9.17) is 5.11 Å². The van der Waals surface area contributed by atoms with Crippen LogP contribution >= 0.6 is 0 Å². The second-order valence-corrected chi connectivity index (χ2v) is 4.02. The van der Waals surface area contributed by atoms with E-state index in [-0.39, 0.29) is 0 Å². The summed E-state index contributed by atoms with van der Waals surface area (Å²) in [5, 5.41) is 15.5. The van der Waals surface area contributed by atoms with Crippen LogP contribution in [0.3, 0.4) is 0 Å². The number of aliphatic carboxylic acids is 1. The molecule has 6 heteroatoms. The first kappa shape index (κ1) is 12.8. The van der Waals surface area contributed by atoms with E-state index in [1.807, 2.05) is 6.07 Å². The minimum atomic E-state index is -1.16. The van der Waals surface area contributed by atoms with Crippen molar-refractivity contribution >= 4 is 17.6 Å². The molecule has 6 nitrogen and oxygen atoms in total. The van der Waals surface area contributed by atoms with Crippen LogP contribution in [0.15, 0.2) is 42.7 Å². The molecule has 2 rings (SSSR count). The summed E-state index contributed by atoms with van der Waals surface area (Å²) in [6.07, 6.45) is 3.37. The Morgan fingerprint density at radius 1 is 1.32 bits per heavy atom. The van der Waals surface area contributed by atoms with Crippen molar-refractivity contribution in [1.82, 2.24) is 9.78 Å². The zero-order chi connectivity index (χ0) is 13.8. The number of carbonyl (C=O) groups is 2. The average molecular weight is 259 g/mol. The van der Waals surface area contributed by atoms with Gasteiger partial charge in [-0.15, -0.1) is 0 Å². The normalized spacial score (nSPS) is 11.8. The smallest absolute Gasteiger partial charge is 0.315 e. The molecule has 0 aliphatic carbocycles. The molecule has 0 saturated heterocycles. The molecule has 0 aliphatic rings. The highest BCUT2D eigenvalue weighted by Crippen LogP contribution is 2.19. The van der Waals surface area contributed by atoms with Crippen molar-refractivity contribution in [3.63, 3.8) is 0 Å². The predicted octanol–water partition coefficient (Wildman–Crippen LogP) is 1.53. The van der Waals surface area contributed by atoms with Gasteiger partial charge in [-0.25, -0.2) is 4.68 Å². The van der Waals surface area contributed by atoms with E-state index in [9.17, 15) is 9.59 Å². The maximum absolute atomic E-state index is 11.8. The van der Waals surface area contributed by atoms with Crippen LogP contribution in [0, 0.1) is 5.92 Å². The van der Waals surface area contributed by atoms with Crippen LogP contribution in [0.4, 0.5) is 5.69 Å². The second kappa shape index (κ2) is 5.34. The van der Waals surface area contributed by atoms with Gasteiger partial charge in [-0.1, -0.05) is 12.1 Å². The number of amides is 1. The molecular weight excluding hydrogens is 246 g/mol. The number of carboxylic acid groups (broad SMARTS) is 1. The third kappa shape index (κ3) is 2.79. The van der Waals surface area contributed by atoms with Gasteiger partial charge in [0.25, 0.3) is 0 Å². The Morgan fingerprint density at radius 2 is 2.05 bits per heavy atom. The zero-order valence-electron chi connectivity index (χ0n) is 10.3. The lowest BCUT2D eigenvalue weighted by atomic mass is 10.1. The van der Waals surface area contributed by atoms with E-state index in [1.54, 1.807) is 41.3 Å².